The van der Waals surface area contributed by atoms with Crippen molar-refractivity contribution in [1.82, 2.24) is 4.90 Å². The highest BCUT2D eigenvalue weighted by Crippen LogP contribution is 2.35. The van der Waals surface area contributed by atoms with Crippen molar-refractivity contribution in [2.45, 2.75) is 0 Å². The van der Waals surface area contributed by atoms with Crippen LogP contribution in [0, 0.1) is 0 Å². The summed E-state index contributed by atoms with van der Waals surface area (Å²) in [5.74, 6) is 0.843. The van der Waals surface area contributed by atoms with Gasteiger partial charge in [-0.15, -0.1) is 0 Å². The van der Waals surface area contributed by atoms with E-state index in [4.69, 9.17) is 14.2 Å². The molecular weight excluding hydrogens is 348 g/mol. The van der Waals surface area contributed by atoms with Crippen molar-refractivity contribution in [3.8, 4) is 17.2 Å². The lowest BCUT2D eigenvalue weighted by Crippen LogP contribution is -2.27. The van der Waals surface area contributed by atoms with Gasteiger partial charge in [0, 0.05) is 18.8 Å². The first-order valence-corrected chi connectivity index (χ1v) is 8.20. The van der Waals surface area contributed by atoms with E-state index in [0.717, 1.165) is 4.90 Å². The summed E-state index contributed by atoms with van der Waals surface area (Å²) in [6.07, 6.45) is 0. The summed E-state index contributed by atoms with van der Waals surface area (Å²) in [6.45, 7) is 0. The molecule has 0 unspecified atom stereocenters. The number of methoxy groups -OCH3 is 3. The first-order chi connectivity index (χ1) is 13.0. The highest BCUT2D eigenvalue weighted by Gasteiger charge is 2.37. The zero-order chi connectivity index (χ0) is 19.6. The van der Waals surface area contributed by atoms with E-state index in [0.29, 0.717) is 28.5 Å². The van der Waals surface area contributed by atoms with Crippen molar-refractivity contribution < 1.29 is 23.8 Å². The van der Waals surface area contributed by atoms with E-state index < -0.39 is 11.8 Å². The second-order valence-electron chi connectivity index (χ2n) is 5.85. The highest BCUT2D eigenvalue weighted by molar-refractivity contribution is 6.36. The van der Waals surface area contributed by atoms with Crippen LogP contribution in [0.2, 0.25) is 0 Å². The molecule has 1 heterocycles. The zero-order valence-corrected chi connectivity index (χ0v) is 15.5. The van der Waals surface area contributed by atoms with Gasteiger partial charge in [0.1, 0.15) is 11.4 Å². The topological polar surface area (TPSA) is 77.1 Å². The van der Waals surface area contributed by atoms with Crippen LogP contribution < -0.4 is 19.5 Å². The molecule has 0 aromatic heterocycles. The quantitative estimate of drug-likeness (QED) is 0.790. The highest BCUT2D eigenvalue weighted by atomic mass is 16.5. The molecule has 0 spiro atoms. The van der Waals surface area contributed by atoms with E-state index in [-0.39, 0.29) is 11.3 Å². The average Bonchev–Trinajstić information content (AvgIpc) is 2.91. The van der Waals surface area contributed by atoms with E-state index in [9.17, 15) is 9.59 Å². The fourth-order valence-corrected chi connectivity index (χ4v) is 2.86. The molecule has 0 saturated heterocycles. The number of imide groups is 1. The number of anilines is 1. The van der Waals surface area contributed by atoms with Gasteiger partial charge in [-0.3, -0.25) is 14.5 Å². The van der Waals surface area contributed by atoms with Crippen LogP contribution in [0.3, 0.4) is 0 Å². The van der Waals surface area contributed by atoms with Crippen LogP contribution in [0.5, 0.6) is 17.2 Å². The number of carbonyl (C=O) groups is 2. The molecular formula is C20H20N2O5. The molecule has 7 nitrogen and oxygen atoms in total. The number of nitrogens with one attached hydrogen (secondary N) is 1. The first kappa shape index (κ1) is 18.3. The Balaban J connectivity index is 2.09. The maximum atomic E-state index is 12.7. The molecule has 0 bridgehead atoms. The molecule has 27 heavy (non-hydrogen) atoms. The summed E-state index contributed by atoms with van der Waals surface area (Å²) in [4.78, 5) is 26.4. The molecule has 1 N–H and O–H groups in total. The van der Waals surface area contributed by atoms with Crippen LogP contribution in [-0.4, -0.2) is 45.1 Å². The Morgan fingerprint density at radius 1 is 0.852 bits per heavy atom. The molecule has 0 fully saturated rings. The molecule has 1 aliphatic heterocycles. The van der Waals surface area contributed by atoms with Gasteiger partial charge in [0.05, 0.1) is 26.9 Å². The second-order valence-corrected chi connectivity index (χ2v) is 5.85. The number of carbonyl (C=O) groups excluding carboxylic acids is 2. The monoisotopic (exact) mass is 368 g/mol. The lowest BCUT2D eigenvalue weighted by molar-refractivity contribution is -0.135. The van der Waals surface area contributed by atoms with E-state index in [1.165, 1.54) is 21.3 Å². The first-order valence-electron chi connectivity index (χ1n) is 8.20. The summed E-state index contributed by atoms with van der Waals surface area (Å²) in [6, 6.07) is 12.2. The lowest BCUT2D eigenvalue weighted by atomic mass is 10.0. The van der Waals surface area contributed by atoms with Gasteiger partial charge < -0.3 is 19.5 Å². The number of likely N-dealkylation sites (N-methyl/N-ethyl adjacent to an activating group) is 1. The molecule has 3 rings (SSSR count). The van der Waals surface area contributed by atoms with Crippen molar-refractivity contribution in [3.63, 3.8) is 0 Å². The predicted octanol–water partition coefficient (Wildman–Crippen LogP) is 2.53. The summed E-state index contributed by atoms with van der Waals surface area (Å²) in [5, 5.41) is 3.06. The maximum Gasteiger partial charge on any atom is 0.277 e. The lowest BCUT2D eigenvalue weighted by Gasteiger charge is -2.11. The fourth-order valence-electron chi connectivity index (χ4n) is 2.86. The minimum atomic E-state index is -0.410. The predicted molar refractivity (Wildman–Crippen MR) is 101 cm³/mol. The number of ether oxygens (including phenoxy) is 3. The molecule has 2 aromatic rings. The second kappa shape index (κ2) is 7.41. The summed E-state index contributed by atoms with van der Waals surface area (Å²) in [5.41, 5.74) is 1.66. The van der Waals surface area contributed by atoms with Crippen molar-refractivity contribution in [1.29, 1.82) is 0 Å². The Hall–Kier alpha value is -3.48. The molecule has 0 saturated carbocycles. The minimum absolute atomic E-state index is 0.197. The van der Waals surface area contributed by atoms with E-state index in [1.54, 1.807) is 49.6 Å². The Bertz CT molecular complexity index is 936. The number of benzene rings is 2. The van der Waals surface area contributed by atoms with Gasteiger partial charge in [-0.2, -0.15) is 0 Å². The van der Waals surface area contributed by atoms with Crippen LogP contribution in [-0.2, 0) is 9.59 Å². The molecule has 140 valence electrons. The third-order valence-electron chi connectivity index (χ3n) is 4.30. The summed E-state index contributed by atoms with van der Waals surface area (Å²) >= 11 is 0. The molecule has 2 amide bonds. The van der Waals surface area contributed by atoms with Crippen LogP contribution in [0.1, 0.15) is 5.56 Å². The minimum Gasteiger partial charge on any atom is -0.497 e. The molecule has 0 radical (unpaired) electrons. The van der Waals surface area contributed by atoms with Crippen LogP contribution in [0.15, 0.2) is 48.2 Å². The van der Waals surface area contributed by atoms with Crippen molar-refractivity contribution in [2.24, 2.45) is 0 Å². The Morgan fingerprint density at radius 2 is 1.59 bits per heavy atom. The summed E-state index contributed by atoms with van der Waals surface area (Å²) in [7, 11) is 6.06. The Morgan fingerprint density at radius 3 is 2.26 bits per heavy atom. The van der Waals surface area contributed by atoms with Crippen LogP contribution in [0.25, 0.3) is 5.57 Å². The van der Waals surface area contributed by atoms with E-state index in [2.05, 4.69) is 5.32 Å². The van der Waals surface area contributed by atoms with E-state index in [1.807, 2.05) is 0 Å². The Labute approximate surface area is 157 Å². The Kier molecular flexibility index (Phi) is 5.03. The molecule has 0 aliphatic carbocycles. The van der Waals surface area contributed by atoms with Gasteiger partial charge >= 0.3 is 0 Å². The number of nitrogens with zero attached hydrogens (tertiary/aromatic N) is 1. The molecule has 1 aliphatic rings. The van der Waals surface area contributed by atoms with Gasteiger partial charge in [0.2, 0.25) is 0 Å². The van der Waals surface area contributed by atoms with Gasteiger partial charge in [0.15, 0.2) is 11.5 Å². The summed E-state index contributed by atoms with van der Waals surface area (Å²) < 4.78 is 15.8. The maximum absolute atomic E-state index is 12.7. The van der Waals surface area contributed by atoms with E-state index >= 15 is 0 Å². The number of hydrogen-bond donors (Lipinski definition) is 1. The van der Waals surface area contributed by atoms with Crippen molar-refractivity contribution in [2.75, 3.05) is 33.7 Å². The number of amides is 2. The van der Waals surface area contributed by atoms with Gasteiger partial charge in [-0.25, -0.2) is 0 Å². The zero-order valence-electron chi connectivity index (χ0n) is 15.5. The van der Waals surface area contributed by atoms with Gasteiger partial charge in [-0.1, -0.05) is 12.1 Å². The normalized spacial score (nSPS) is 13.9. The van der Waals surface area contributed by atoms with Crippen LogP contribution >= 0.6 is 0 Å². The third kappa shape index (κ3) is 3.31. The smallest absolute Gasteiger partial charge is 0.277 e. The van der Waals surface area contributed by atoms with Gasteiger partial charge in [-0.05, 0) is 29.8 Å². The fraction of sp³-hybridized carbons (Fsp3) is 0.200. The standard InChI is InChI=1S/C20H20N2O5/c1-22-19(23)17(12-8-9-15(26-3)16(10-12)27-4)18(20(22)24)21-13-6-5-7-14(11-13)25-2/h5-11,21H,1-4H3. The number of rotatable bonds is 6. The molecule has 2 aromatic carbocycles. The third-order valence-corrected chi connectivity index (χ3v) is 4.30. The molecule has 7 heteroatoms. The van der Waals surface area contributed by atoms with Gasteiger partial charge in [0.25, 0.3) is 11.8 Å². The average molecular weight is 368 g/mol. The van der Waals surface area contributed by atoms with Crippen molar-refractivity contribution >= 4 is 23.1 Å². The largest absolute Gasteiger partial charge is 0.497 e. The molecule has 0 atom stereocenters. The van der Waals surface area contributed by atoms with Crippen LogP contribution in [0.4, 0.5) is 5.69 Å². The van der Waals surface area contributed by atoms with Crippen molar-refractivity contribution in [3.05, 3.63) is 53.7 Å². The SMILES string of the molecule is COc1cccc(NC2=C(c3ccc(OC)c(OC)c3)C(=O)N(C)C2=O)c1. The number of hydrogen-bond acceptors (Lipinski definition) is 6.